The van der Waals surface area contributed by atoms with Gasteiger partial charge in [-0.2, -0.15) is 4.31 Å². The van der Waals surface area contributed by atoms with E-state index in [2.05, 4.69) is 15.5 Å². The second kappa shape index (κ2) is 10.3. The average molecular weight is 453 g/mol. The van der Waals surface area contributed by atoms with E-state index in [4.69, 9.17) is 21.4 Å². The van der Waals surface area contributed by atoms with Crippen LogP contribution in [0.25, 0.3) is 0 Å². The van der Waals surface area contributed by atoms with Crippen LogP contribution < -0.4 is 15.5 Å². The minimum atomic E-state index is -3.58. The summed E-state index contributed by atoms with van der Waals surface area (Å²) in [6, 6.07) is 8.80. The number of rotatable bonds is 8. The number of furan rings is 1. The lowest BCUT2D eigenvalue weighted by Crippen LogP contribution is -2.37. The highest BCUT2D eigenvalue weighted by molar-refractivity contribution is 7.89. The predicted octanol–water partition coefficient (Wildman–Crippen LogP) is 2.63. The van der Waals surface area contributed by atoms with Crippen LogP contribution in [0, 0.1) is 0 Å². The van der Waals surface area contributed by atoms with E-state index in [0.29, 0.717) is 43.6 Å². The Morgan fingerprint density at radius 1 is 1.20 bits per heavy atom. The summed E-state index contributed by atoms with van der Waals surface area (Å²) in [6.45, 7) is 7.62. The van der Waals surface area contributed by atoms with Crippen molar-refractivity contribution in [2.75, 3.05) is 49.6 Å². The minimum Gasteiger partial charge on any atom is -0.467 e. The summed E-state index contributed by atoms with van der Waals surface area (Å²) in [5.74, 6) is 0.755. The minimum absolute atomic E-state index is 0.236. The molecule has 1 aromatic heterocycles. The van der Waals surface area contributed by atoms with Crippen LogP contribution in [0.4, 0.5) is 11.4 Å². The number of hydrogen-bond donors (Lipinski definition) is 2. The van der Waals surface area contributed by atoms with Gasteiger partial charge in [0, 0.05) is 26.2 Å². The summed E-state index contributed by atoms with van der Waals surface area (Å²) < 4.78 is 38.2. The molecule has 10 heteroatoms. The zero-order valence-electron chi connectivity index (χ0n) is 17.3. The van der Waals surface area contributed by atoms with Gasteiger partial charge in [-0.3, -0.25) is 0 Å². The van der Waals surface area contributed by atoms with Gasteiger partial charge in [0.2, 0.25) is 10.0 Å². The fourth-order valence-electron chi connectivity index (χ4n) is 3.32. The molecule has 0 unspecified atom stereocenters. The molecule has 1 saturated heterocycles. The first-order chi connectivity index (χ1) is 14.5. The number of thiocarbonyl (C=S) groups is 1. The number of nitrogens with zero attached hydrogens (tertiary/aromatic N) is 2. The van der Waals surface area contributed by atoms with E-state index in [0.717, 1.165) is 24.5 Å². The van der Waals surface area contributed by atoms with Gasteiger partial charge in [0.1, 0.15) is 5.76 Å². The Morgan fingerprint density at radius 3 is 2.57 bits per heavy atom. The maximum absolute atomic E-state index is 13.0. The number of morpholine rings is 1. The summed E-state index contributed by atoms with van der Waals surface area (Å²) >= 11 is 5.44. The van der Waals surface area contributed by atoms with Gasteiger partial charge in [-0.25, -0.2) is 8.42 Å². The lowest BCUT2D eigenvalue weighted by Gasteiger charge is -2.31. The lowest BCUT2D eigenvalue weighted by atomic mass is 10.2. The Morgan fingerprint density at radius 2 is 1.93 bits per heavy atom. The molecule has 1 aromatic carbocycles. The third-order valence-corrected chi connectivity index (χ3v) is 7.21. The topological polar surface area (TPSA) is 87.1 Å². The Balaban J connectivity index is 1.86. The molecule has 2 N–H and O–H groups in total. The molecular weight excluding hydrogens is 424 g/mol. The van der Waals surface area contributed by atoms with Gasteiger partial charge in [-0.05, 0) is 42.5 Å². The van der Waals surface area contributed by atoms with Crippen molar-refractivity contribution in [3.8, 4) is 0 Å². The van der Waals surface area contributed by atoms with E-state index in [1.807, 2.05) is 32.0 Å². The fourth-order valence-corrected chi connectivity index (χ4v) is 4.98. The van der Waals surface area contributed by atoms with E-state index in [-0.39, 0.29) is 4.90 Å². The molecule has 1 aliphatic heterocycles. The van der Waals surface area contributed by atoms with Crippen molar-refractivity contribution < 1.29 is 17.6 Å². The highest BCUT2D eigenvalue weighted by atomic mass is 32.2. The standard InChI is InChI=1S/C20H28N4O4S2/c1-3-24(4-2)30(25,26)17-7-8-19(23-9-12-27-13-10-23)18(14-17)22-20(29)21-15-16-6-5-11-28-16/h5-8,11,14H,3-4,9-10,12-13,15H2,1-2H3,(H2,21,22,29). The van der Waals surface area contributed by atoms with Crippen molar-refractivity contribution >= 4 is 38.7 Å². The Hall–Kier alpha value is -2.14. The van der Waals surface area contributed by atoms with E-state index < -0.39 is 10.0 Å². The molecule has 0 atom stereocenters. The lowest BCUT2D eigenvalue weighted by molar-refractivity contribution is 0.123. The van der Waals surface area contributed by atoms with Gasteiger partial charge in [0.25, 0.3) is 0 Å². The molecule has 164 valence electrons. The van der Waals surface area contributed by atoms with E-state index in [9.17, 15) is 8.42 Å². The Labute approximate surface area is 183 Å². The Kier molecular flexibility index (Phi) is 7.70. The van der Waals surface area contributed by atoms with Crippen molar-refractivity contribution in [2.45, 2.75) is 25.3 Å². The van der Waals surface area contributed by atoms with Crippen LogP contribution in [0.15, 0.2) is 45.9 Å². The fraction of sp³-hybridized carbons (Fsp3) is 0.450. The molecule has 0 aliphatic carbocycles. The number of benzene rings is 1. The van der Waals surface area contributed by atoms with Gasteiger partial charge >= 0.3 is 0 Å². The van der Waals surface area contributed by atoms with Crippen molar-refractivity contribution in [3.63, 3.8) is 0 Å². The second-order valence-electron chi connectivity index (χ2n) is 6.75. The molecule has 8 nitrogen and oxygen atoms in total. The molecule has 0 spiro atoms. The van der Waals surface area contributed by atoms with E-state index in [1.165, 1.54) is 4.31 Å². The van der Waals surface area contributed by atoms with Crippen LogP contribution in [0.3, 0.4) is 0 Å². The zero-order chi connectivity index (χ0) is 21.6. The molecule has 2 heterocycles. The molecule has 2 aromatic rings. The molecule has 0 amide bonds. The maximum atomic E-state index is 13.0. The zero-order valence-corrected chi connectivity index (χ0v) is 18.9. The molecule has 30 heavy (non-hydrogen) atoms. The molecule has 1 fully saturated rings. The van der Waals surface area contributed by atoms with E-state index in [1.54, 1.807) is 18.4 Å². The first kappa shape index (κ1) is 22.5. The first-order valence-corrected chi connectivity index (χ1v) is 11.8. The van der Waals surface area contributed by atoms with Crippen LogP contribution in [0.2, 0.25) is 0 Å². The monoisotopic (exact) mass is 452 g/mol. The third-order valence-electron chi connectivity index (χ3n) is 4.91. The number of anilines is 2. The summed E-state index contributed by atoms with van der Waals surface area (Å²) in [5, 5.41) is 6.65. The largest absolute Gasteiger partial charge is 0.467 e. The summed E-state index contributed by atoms with van der Waals surface area (Å²) in [6.07, 6.45) is 1.60. The molecule has 1 aliphatic rings. The van der Waals surface area contributed by atoms with Crippen LogP contribution in [-0.2, 0) is 21.3 Å². The highest BCUT2D eigenvalue weighted by Gasteiger charge is 2.24. The second-order valence-corrected chi connectivity index (χ2v) is 9.10. The normalized spacial score (nSPS) is 14.7. The van der Waals surface area contributed by atoms with Crippen LogP contribution in [0.5, 0.6) is 0 Å². The number of ether oxygens (including phenoxy) is 1. The van der Waals surface area contributed by atoms with Gasteiger partial charge in [0.05, 0.1) is 42.3 Å². The van der Waals surface area contributed by atoms with Crippen molar-refractivity contribution in [1.82, 2.24) is 9.62 Å². The van der Waals surface area contributed by atoms with Gasteiger partial charge in [-0.15, -0.1) is 0 Å². The van der Waals surface area contributed by atoms with Crippen LogP contribution >= 0.6 is 12.2 Å². The first-order valence-electron chi connectivity index (χ1n) is 9.99. The smallest absolute Gasteiger partial charge is 0.243 e. The van der Waals surface area contributed by atoms with Crippen molar-refractivity contribution in [2.24, 2.45) is 0 Å². The quantitative estimate of drug-likeness (QED) is 0.591. The SMILES string of the molecule is CCN(CC)S(=O)(=O)c1ccc(N2CCOCC2)c(NC(=S)NCc2ccco2)c1. The molecule has 0 bridgehead atoms. The summed E-state index contributed by atoms with van der Waals surface area (Å²) in [5.41, 5.74) is 1.53. The maximum Gasteiger partial charge on any atom is 0.243 e. The number of nitrogens with one attached hydrogen (secondary N) is 2. The molecular formula is C20H28N4O4S2. The highest BCUT2D eigenvalue weighted by Crippen LogP contribution is 2.31. The average Bonchev–Trinajstić information content (AvgIpc) is 3.27. The number of hydrogen-bond acceptors (Lipinski definition) is 6. The van der Waals surface area contributed by atoms with Crippen LogP contribution in [0.1, 0.15) is 19.6 Å². The summed E-state index contributed by atoms with van der Waals surface area (Å²) in [4.78, 5) is 2.40. The van der Waals surface area contributed by atoms with Gasteiger partial charge in [0.15, 0.2) is 5.11 Å². The molecule has 0 radical (unpaired) electrons. The predicted molar refractivity (Wildman–Crippen MR) is 121 cm³/mol. The van der Waals surface area contributed by atoms with Crippen LogP contribution in [-0.4, -0.2) is 57.2 Å². The third kappa shape index (κ3) is 5.31. The van der Waals surface area contributed by atoms with Crippen molar-refractivity contribution in [1.29, 1.82) is 0 Å². The van der Waals surface area contributed by atoms with E-state index >= 15 is 0 Å². The van der Waals surface area contributed by atoms with Gasteiger partial charge < -0.3 is 24.7 Å². The number of sulfonamides is 1. The van der Waals surface area contributed by atoms with Crippen molar-refractivity contribution in [3.05, 3.63) is 42.4 Å². The molecule has 0 saturated carbocycles. The van der Waals surface area contributed by atoms with Gasteiger partial charge in [-0.1, -0.05) is 13.8 Å². The molecule has 3 rings (SSSR count). The summed E-state index contributed by atoms with van der Waals surface area (Å²) in [7, 11) is -3.58. The Bertz CT molecular complexity index is 938.